The fourth-order valence-corrected chi connectivity index (χ4v) is 3.77. The third-order valence-electron chi connectivity index (χ3n) is 5.16. The minimum Gasteiger partial charge on any atom is -0.358 e. The maximum Gasteiger partial charge on any atom is 0.233 e. The summed E-state index contributed by atoms with van der Waals surface area (Å²) in [5.74, 6) is 0.444. The monoisotopic (exact) mass is 411 g/mol. The van der Waals surface area contributed by atoms with Gasteiger partial charge in [-0.1, -0.05) is 31.5 Å². The van der Waals surface area contributed by atoms with Gasteiger partial charge in [0.05, 0.1) is 6.54 Å². The standard InChI is InChI=1S/C20H31ClFN5O/c1-20(2,16-6-5-14(22)11-17(16)21)13-25-19(24-4)26-15-7-9-27(10-8-15)12-18(28)23-3/h5-6,11,15H,7-10,12-13H2,1-4H3,(H,23,28)(H2,24,25,26). The van der Waals surface area contributed by atoms with Crippen LogP contribution in [0, 0.1) is 5.82 Å². The van der Waals surface area contributed by atoms with E-state index in [1.54, 1.807) is 20.2 Å². The number of likely N-dealkylation sites (tertiary alicyclic amines) is 1. The van der Waals surface area contributed by atoms with Gasteiger partial charge in [-0.05, 0) is 30.5 Å². The Balaban J connectivity index is 1.85. The van der Waals surface area contributed by atoms with Crippen LogP contribution in [-0.4, -0.2) is 63.1 Å². The molecule has 0 unspecified atom stereocenters. The van der Waals surface area contributed by atoms with Crippen molar-refractivity contribution in [2.24, 2.45) is 4.99 Å². The summed E-state index contributed by atoms with van der Waals surface area (Å²) in [4.78, 5) is 18.0. The van der Waals surface area contributed by atoms with Crippen molar-refractivity contribution in [3.05, 3.63) is 34.6 Å². The minimum absolute atomic E-state index is 0.0468. The van der Waals surface area contributed by atoms with Gasteiger partial charge in [0.25, 0.3) is 0 Å². The molecular weight excluding hydrogens is 381 g/mol. The second kappa shape index (κ2) is 10.1. The lowest BCUT2D eigenvalue weighted by Gasteiger charge is -2.33. The zero-order chi connectivity index (χ0) is 20.7. The highest BCUT2D eigenvalue weighted by Gasteiger charge is 2.25. The van der Waals surface area contributed by atoms with Crippen molar-refractivity contribution in [1.82, 2.24) is 20.9 Å². The number of carbonyl (C=O) groups excluding carboxylic acids is 1. The van der Waals surface area contributed by atoms with Gasteiger partial charge in [-0.25, -0.2) is 4.39 Å². The molecule has 1 aromatic carbocycles. The number of piperidine rings is 1. The van der Waals surface area contributed by atoms with Crippen molar-refractivity contribution in [3.8, 4) is 0 Å². The van der Waals surface area contributed by atoms with Crippen molar-refractivity contribution in [1.29, 1.82) is 0 Å². The lowest BCUT2D eigenvalue weighted by Crippen LogP contribution is -2.51. The number of nitrogens with one attached hydrogen (secondary N) is 3. The molecule has 1 aliphatic rings. The maximum atomic E-state index is 13.3. The molecule has 28 heavy (non-hydrogen) atoms. The summed E-state index contributed by atoms with van der Waals surface area (Å²) in [6, 6.07) is 4.82. The van der Waals surface area contributed by atoms with Gasteiger partial charge in [0.15, 0.2) is 5.96 Å². The molecule has 0 spiro atoms. The van der Waals surface area contributed by atoms with Gasteiger partial charge in [0.2, 0.25) is 5.91 Å². The minimum atomic E-state index is -0.335. The maximum absolute atomic E-state index is 13.3. The molecule has 1 heterocycles. The first-order valence-corrected chi connectivity index (χ1v) is 9.98. The van der Waals surface area contributed by atoms with Gasteiger partial charge >= 0.3 is 0 Å². The molecule has 0 atom stereocenters. The predicted molar refractivity (Wildman–Crippen MR) is 112 cm³/mol. The number of halogens is 2. The van der Waals surface area contributed by atoms with E-state index < -0.39 is 0 Å². The summed E-state index contributed by atoms with van der Waals surface area (Å²) in [7, 11) is 3.40. The van der Waals surface area contributed by atoms with Crippen molar-refractivity contribution in [2.45, 2.75) is 38.1 Å². The van der Waals surface area contributed by atoms with Crippen molar-refractivity contribution < 1.29 is 9.18 Å². The Bertz CT molecular complexity index is 702. The van der Waals surface area contributed by atoms with E-state index in [2.05, 4.69) is 39.7 Å². The van der Waals surface area contributed by atoms with E-state index in [9.17, 15) is 9.18 Å². The van der Waals surface area contributed by atoms with Crippen LogP contribution in [0.3, 0.4) is 0 Å². The highest BCUT2D eigenvalue weighted by molar-refractivity contribution is 6.31. The van der Waals surface area contributed by atoms with Crippen molar-refractivity contribution >= 4 is 23.5 Å². The molecule has 0 aromatic heterocycles. The van der Waals surface area contributed by atoms with Crippen LogP contribution in [0.5, 0.6) is 0 Å². The molecule has 1 aromatic rings. The summed E-state index contributed by atoms with van der Waals surface area (Å²) < 4.78 is 13.3. The first-order chi connectivity index (χ1) is 13.2. The summed E-state index contributed by atoms with van der Waals surface area (Å²) in [6.45, 7) is 6.92. The highest BCUT2D eigenvalue weighted by Crippen LogP contribution is 2.29. The number of hydrogen-bond donors (Lipinski definition) is 3. The molecule has 0 bridgehead atoms. The molecule has 2 rings (SSSR count). The van der Waals surface area contributed by atoms with Crippen LogP contribution in [0.4, 0.5) is 4.39 Å². The number of likely N-dealkylation sites (N-methyl/N-ethyl adjacent to an activating group) is 1. The smallest absolute Gasteiger partial charge is 0.233 e. The Kier molecular flexibility index (Phi) is 8.07. The second-order valence-corrected chi connectivity index (χ2v) is 8.21. The molecule has 0 aliphatic carbocycles. The third kappa shape index (κ3) is 6.34. The number of nitrogens with zero attached hydrogens (tertiary/aromatic N) is 2. The number of benzene rings is 1. The van der Waals surface area contributed by atoms with Crippen molar-refractivity contribution in [2.75, 3.05) is 40.3 Å². The molecule has 0 saturated carbocycles. The van der Waals surface area contributed by atoms with E-state index in [1.807, 2.05) is 0 Å². The van der Waals surface area contributed by atoms with E-state index in [1.165, 1.54) is 12.1 Å². The topological polar surface area (TPSA) is 68.8 Å². The van der Waals surface area contributed by atoms with Gasteiger partial charge in [-0.15, -0.1) is 0 Å². The average molecular weight is 412 g/mol. The molecule has 1 fully saturated rings. The number of carbonyl (C=O) groups is 1. The van der Waals surface area contributed by atoms with Crippen LogP contribution in [0.1, 0.15) is 32.3 Å². The zero-order valence-corrected chi connectivity index (χ0v) is 17.9. The number of guanidine groups is 1. The van der Waals surface area contributed by atoms with Crippen LogP contribution >= 0.6 is 11.6 Å². The van der Waals surface area contributed by atoms with Crippen molar-refractivity contribution in [3.63, 3.8) is 0 Å². The Morgan fingerprint density at radius 2 is 2.04 bits per heavy atom. The molecular formula is C20H31ClFN5O. The third-order valence-corrected chi connectivity index (χ3v) is 5.47. The first kappa shape index (κ1) is 22.4. The Morgan fingerprint density at radius 3 is 2.61 bits per heavy atom. The van der Waals surface area contributed by atoms with Gasteiger partial charge in [-0.3, -0.25) is 14.7 Å². The normalized spacial score (nSPS) is 16.7. The van der Waals surface area contributed by atoms with E-state index in [-0.39, 0.29) is 17.1 Å². The van der Waals surface area contributed by atoms with Crippen LogP contribution in [0.15, 0.2) is 23.2 Å². The fraction of sp³-hybridized carbons (Fsp3) is 0.600. The van der Waals surface area contributed by atoms with E-state index in [0.29, 0.717) is 24.2 Å². The lowest BCUT2D eigenvalue weighted by molar-refractivity contribution is -0.122. The van der Waals surface area contributed by atoms with Gasteiger partial charge in [-0.2, -0.15) is 0 Å². The molecule has 1 amide bonds. The summed E-state index contributed by atoms with van der Waals surface area (Å²) in [6.07, 6.45) is 1.90. The fourth-order valence-electron chi connectivity index (χ4n) is 3.34. The summed E-state index contributed by atoms with van der Waals surface area (Å²) in [5, 5.41) is 9.91. The highest BCUT2D eigenvalue weighted by atomic mass is 35.5. The Morgan fingerprint density at radius 1 is 1.36 bits per heavy atom. The number of aliphatic imine (C=N–C) groups is 1. The largest absolute Gasteiger partial charge is 0.358 e. The second-order valence-electron chi connectivity index (χ2n) is 7.80. The number of hydrogen-bond acceptors (Lipinski definition) is 3. The first-order valence-electron chi connectivity index (χ1n) is 9.61. The quantitative estimate of drug-likeness (QED) is 0.495. The number of rotatable bonds is 6. The zero-order valence-electron chi connectivity index (χ0n) is 17.1. The van der Waals surface area contributed by atoms with Crippen LogP contribution in [-0.2, 0) is 10.2 Å². The Hall–Kier alpha value is -1.86. The summed E-state index contributed by atoms with van der Waals surface area (Å²) in [5.41, 5.74) is 0.597. The summed E-state index contributed by atoms with van der Waals surface area (Å²) >= 11 is 6.23. The van der Waals surface area contributed by atoms with Crippen LogP contribution in [0.2, 0.25) is 5.02 Å². The lowest BCUT2D eigenvalue weighted by atomic mass is 9.84. The molecule has 3 N–H and O–H groups in total. The SMILES string of the molecule is CN=C(NCC(C)(C)c1ccc(F)cc1Cl)NC1CCN(CC(=O)NC)CC1. The van der Waals surface area contributed by atoms with Crippen LogP contribution in [0.25, 0.3) is 0 Å². The molecule has 1 aliphatic heterocycles. The van der Waals surface area contributed by atoms with Gasteiger partial charge in [0, 0.05) is 50.2 Å². The molecule has 1 saturated heterocycles. The Labute approximate surface area is 171 Å². The molecule has 156 valence electrons. The molecule has 0 radical (unpaired) electrons. The van der Waals surface area contributed by atoms with Gasteiger partial charge < -0.3 is 16.0 Å². The van der Waals surface area contributed by atoms with E-state index >= 15 is 0 Å². The molecule has 8 heteroatoms. The van der Waals surface area contributed by atoms with Gasteiger partial charge in [0.1, 0.15) is 5.82 Å². The predicted octanol–water partition coefficient (Wildman–Crippen LogP) is 2.13. The molecule has 6 nitrogen and oxygen atoms in total. The number of amides is 1. The van der Waals surface area contributed by atoms with E-state index in [0.717, 1.165) is 37.5 Å². The van der Waals surface area contributed by atoms with Crippen LogP contribution < -0.4 is 16.0 Å². The average Bonchev–Trinajstić information content (AvgIpc) is 2.66. The van der Waals surface area contributed by atoms with E-state index in [4.69, 9.17) is 11.6 Å².